The van der Waals surface area contributed by atoms with E-state index in [1.54, 1.807) is 19.1 Å². The Balaban J connectivity index is 1.50. The van der Waals surface area contributed by atoms with Crippen molar-refractivity contribution in [1.29, 1.82) is 0 Å². The van der Waals surface area contributed by atoms with Gasteiger partial charge >= 0.3 is 0 Å². The van der Waals surface area contributed by atoms with Gasteiger partial charge in [0.25, 0.3) is 0 Å². The van der Waals surface area contributed by atoms with Gasteiger partial charge in [0.15, 0.2) is 0 Å². The summed E-state index contributed by atoms with van der Waals surface area (Å²) in [4.78, 5) is 0. The third-order valence-corrected chi connectivity index (χ3v) is 4.14. The smallest absolute Gasteiger partial charge is 0.134 e. The Bertz CT molecular complexity index is 792. The van der Waals surface area contributed by atoms with Crippen LogP contribution < -0.4 is 5.32 Å². The summed E-state index contributed by atoms with van der Waals surface area (Å²) >= 11 is 0. The maximum Gasteiger partial charge on any atom is 0.134 e. The molecule has 3 aromatic rings. The number of benzene rings is 2. The van der Waals surface area contributed by atoms with E-state index in [-0.39, 0.29) is 5.82 Å². The molecule has 0 bridgehead atoms. The van der Waals surface area contributed by atoms with E-state index in [1.165, 1.54) is 12.1 Å². The molecule has 0 fully saturated rings. The Kier molecular flexibility index (Phi) is 5.64. The van der Waals surface area contributed by atoms with Gasteiger partial charge in [0.1, 0.15) is 17.3 Å². The summed E-state index contributed by atoms with van der Waals surface area (Å²) in [6.45, 7) is 3.19. The molecule has 0 saturated heterocycles. The number of nitrogens with one attached hydrogen (secondary N) is 1. The molecule has 0 unspecified atom stereocenters. The molecule has 1 aromatic heterocycles. The first kappa shape index (κ1) is 17.4. The minimum atomic E-state index is -0.466. The Morgan fingerprint density at radius 2 is 1.72 bits per heavy atom. The summed E-state index contributed by atoms with van der Waals surface area (Å²) in [5.74, 6) is 1.47. The Morgan fingerprint density at radius 3 is 2.40 bits per heavy atom. The van der Waals surface area contributed by atoms with Crippen molar-refractivity contribution in [2.75, 3.05) is 6.54 Å². The summed E-state index contributed by atoms with van der Waals surface area (Å²) in [6, 6.07) is 18.2. The van der Waals surface area contributed by atoms with E-state index in [1.807, 2.05) is 36.4 Å². The van der Waals surface area contributed by atoms with Crippen LogP contribution in [0.1, 0.15) is 29.9 Å². The number of rotatable bonds is 7. The van der Waals surface area contributed by atoms with Gasteiger partial charge in [-0.15, -0.1) is 0 Å². The van der Waals surface area contributed by atoms with Gasteiger partial charge in [-0.2, -0.15) is 0 Å². The second kappa shape index (κ2) is 8.10. The minimum Gasteiger partial charge on any atom is -0.460 e. The molecular weight excluding hydrogens is 317 g/mol. The fourth-order valence-electron chi connectivity index (χ4n) is 2.65. The van der Waals surface area contributed by atoms with Crippen LogP contribution in [0, 0.1) is 5.82 Å². The quantitative estimate of drug-likeness (QED) is 0.624. The fourth-order valence-corrected chi connectivity index (χ4v) is 2.65. The van der Waals surface area contributed by atoms with E-state index in [0.29, 0.717) is 6.54 Å². The molecule has 4 heteroatoms. The molecule has 1 atom stereocenters. The molecule has 3 nitrogen and oxygen atoms in total. The number of hydrogen-bond donors (Lipinski definition) is 2. The highest BCUT2D eigenvalue weighted by Crippen LogP contribution is 2.24. The SMILES string of the molecule is C[C@H](O)c1ccc(-c2ccc(CNCCc3ccc(F)cc3)o2)cc1. The summed E-state index contributed by atoms with van der Waals surface area (Å²) in [5.41, 5.74) is 2.98. The van der Waals surface area contributed by atoms with E-state index in [9.17, 15) is 9.50 Å². The normalized spacial score (nSPS) is 12.3. The van der Waals surface area contributed by atoms with E-state index in [4.69, 9.17) is 4.42 Å². The van der Waals surface area contributed by atoms with Crippen LogP contribution in [-0.2, 0) is 13.0 Å². The highest BCUT2D eigenvalue weighted by molar-refractivity contribution is 5.58. The van der Waals surface area contributed by atoms with Gasteiger partial charge in [-0.3, -0.25) is 0 Å². The van der Waals surface area contributed by atoms with Crippen LogP contribution in [0.3, 0.4) is 0 Å². The van der Waals surface area contributed by atoms with Crippen LogP contribution in [-0.4, -0.2) is 11.7 Å². The van der Waals surface area contributed by atoms with Crippen molar-refractivity contribution in [2.24, 2.45) is 0 Å². The van der Waals surface area contributed by atoms with Crippen molar-refractivity contribution in [3.63, 3.8) is 0 Å². The third kappa shape index (κ3) is 4.78. The first-order chi connectivity index (χ1) is 12.1. The Labute approximate surface area is 147 Å². The van der Waals surface area contributed by atoms with Gasteiger partial charge in [-0.05, 0) is 55.3 Å². The Hall–Kier alpha value is -2.43. The molecule has 0 aliphatic rings. The van der Waals surface area contributed by atoms with E-state index in [0.717, 1.165) is 41.2 Å². The maximum absolute atomic E-state index is 12.9. The van der Waals surface area contributed by atoms with Crippen LogP contribution in [0.5, 0.6) is 0 Å². The number of aliphatic hydroxyl groups excluding tert-OH is 1. The van der Waals surface area contributed by atoms with Crippen molar-refractivity contribution in [3.05, 3.63) is 83.4 Å². The standard InChI is InChI=1S/C21H22FNO2/c1-15(24)17-4-6-18(7-5-17)21-11-10-20(25-21)14-23-13-12-16-2-8-19(22)9-3-16/h2-11,15,23-24H,12-14H2,1H3/t15-/m0/s1. The number of furan rings is 1. The molecule has 25 heavy (non-hydrogen) atoms. The van der Waals surface area contributed by atoms with Crippen LogP contribution in [0.25, 0.3) is 11.3 Å². The lowest BCUT2D eigenvalue weighted by atomic mass is 10.1. The van der Waals surface area contributed by atoms with Crippen molar-refractivity contribution in [3.8, 4) is 11.3 Å². The maximum atomic E-state index is 12.9. The zero-order valence-electron chi connectivity index (χ0n) is 14.2. The van der Waals surface area contributed by atoms with Gasteiger partial charge in [-0.25, -0.2) is 4.39 Å². The van der Waals surface area contributed by atoms with E-state index < -0.39 is 6.10 Å². The summed E-state index contributed by atoms with van der Waals surface area (Å²) in [6.07, 6.45) is 0.376. The lowest BCUT2D eigenvalue weighted by Gasteiger charge is -2.05. The summed E-state index contributed by atoms with van der Waals surface area (Å²) in [7, 11) is 0. The lowest BCUT2D eigenvalue weighted by Crippen LogP contribution is -2.16. The monoisotopic (exact) mass is 339 g/mol. The van der Waals surface area contributed by atoms with E-state index in [2.05, 4.69) is 5.32 Å². The highest BCUT2D eigenvalue weighted by atomic mass is 19.1. The molecule has 1 heterocycles. The summed E-state index contributed by atoms with van der Waals surface area (Å²) < 4.78 is 18.7. The molecule has 2 N–H and O–H groups in total. The number of halogens is 1. The largest absolute Gasteiger partial charge is 0.460 e. The predicted molar refractivity (Wildman–Crippen MR) is 96.6 cm³/mol. The van der Waals surface area contributed by atoms with Crippen LogP contribution >= 0.6 is 0 Å². The lowest BCUT2D eigenvalue weighted by molar-refractivity contribution is 0.199. The highest BCUT2D eigenvalue weighted by Gasteiger charge is 2.06. The molecule has 0 aliphatic carbocycles. The number of hydrogen-bond acceptors (Lipinski definition) is 3. The average molecular weight is 339 g/mol. The predicted octanol–water partition coefficient (Wildman–Crippen LogP) is 4.47. The first-order valence-corrected chi connectivity index (χ1v) is 8.44. The zero-order valence-corrected chi connectivity index (χ0v) is 14.2. The summed E-state index contributed by atoms with van der Waals surface area (Å²) in [5, 5.41) is 12.9. The topological polar surface area (TPSA) is 45.4 Å². The van der Waals surface area contributed by atoms with Crippen molar-refractivity contribution < 1.29 is 13.9 Å². The molecule has 0 spiro atoms. The van der Waals surface area contributed by atoms with Gasteiger partial charge < -0.3 is 14.8 Å². The minimum absolute atomic E-state index is 0.207. The third-order valence-electron chi connectivity index (χ3n) is 4.14. The van der Waals surface area contributed by atoms with Gasteiger partial charge in [0.05, 0.1) is 12.6 Å². The van der Waals surface area contributed by atoms with Crippen molar-refractivity contribution in [2.45, 2.75) is 26.0 Å². The molecule has 0 aliphatic heterocycles. The van der Waals surface area contributed by atoms with Crippen LogP contribution in [0.2, 0.25) is 0 Å². The van der Waals surface area contributed by atoms with Crippen LogP contribution in [0.15, 0.2) is 65.1 Å². The van der Waals surface area contributed by atoms with Crippen molar-refractivity contribution in [1.82, 2.24) is 5.32 Å². The van der Waals surface area contributed by atoms with E-state index >= 15 is 0 Å². The fraction of sp³-hybridized carbons (Fsp3) is 0.238. The molecule has 0 radical (unpaired) electrons. The number of aliphatic hydroxyl groups is 1. The molecule has 0 amide bonds. The van der Waals surface area contributed by atoms with Gasteiger partial charge in [0.2, 0.25) is 0 Å². The van der Waals surface area contributed by atoms with Gasteiger partial charge in [-0.1, -0.05) is 36.4 Å². The van der Waals surface area contributed by atoms with Crippen molar-refractivity contribution >= 4 is 0 Å². The molecule has 3 rings (SSSR count). The second-order valence-corrected chi connectivity index (χ2v) is 6.12. The molecule has 130 valence electrons. The Morgan fingerprint density at radius 1 is 1.00 bits per heavy atom. The zero-order chi connectivity index (χ0) is 17.6. The first-order valence-electron chi connectivity index (χ1n) is 8.44. The average Bonchev–Trinajstić information content (AvgIpc) is 3.09. The molecule has 0 saturated carbocycles. The molecule has 2 aromatic carbocycles. The van der Waals surface area contributed by atoms with Crippen LogP contribution in [0.4, 0.5) is 4.39 Å². The van der Waals surface area contributed by atoms with Gasteiger partial charge in [0, 0.05) is 5.56 Å². The second-order valence-electron chi connectivity index (χ2n) is 6.12. The molecular formula is C21H22FNO2.